The van der Waals surface area contributed by atoms with Crippen LogP contribution in [0.1, 0.15) is 52.1 Å². The van der Waals surface area contributed by atoms with Crippen molar-refractivity contribution in [1.82, 2.24) is 0 Å². The minimum Gasteiger partial charge on any atom is -0.508 e. The molecule has 1 aliphatic heterocycles. The predicted molar refractivity (Wildman–Crippen MR) is 104 cm³/mol. The molecule has 0 unspecified atom stereocenters. The molecule has 0 spiro atoms. The number of fused-ring (bicyclic) bond motifs is 1. The molecule has 0 radical (unpaired) electrons. The van der Waals surface area contributed by atoms with Crippen molar-refractivity contribution in [3.63, 3.8) is 0 Å². The number of phenols is 1. The third kappa shape index (κ3) is 3.47. The summed E-state index contributed by atoms with van der Waals surface area (Å²) in [4.78, 5) is 38.4. The predicted octanol–water partition coefficient (Wildman–Crippen LogP) is 3.55. The number of ketones is 2. The minimum atomic E-state index is -0.802. The van der Waals surface area contributed by atoms with E-state index in [1.54, 1.807) is 43.3 Å². The monoisotopic (exact) mass is 392 g/mol. The van der Waals surface area contributed by atoms with Gasteiger partial charge in [-0.05, 0) is 24.6 Å². The van der Waals surface area contributed by atoms with E-state index in [1.165, 1.54) is 12.1 Å². The third-order valence-corrected chi connectivity index (χ3v) is 5.18. The molecule has 2 aromatic carbocycles. The standard InChI is InChI=1S/C23H20O6/c1-2-28-19(25)12-15-11-18-20(23(29-15)13-7-9-14(24)10-8-13)22(27)17-6-4-3-5-16(17)21(18)26/h3-10,15,23-24H,2,11-12H2,1H3/t15-,23-/m0/s1. The van der Waals surface area contributed by atoms with Crippen molar-refractivity contribution in [3.05, 3.63) is 76.4 Å². The van der Waals surface area contributed by atoms with E-state index < -0.39 is 18.2 Å². The number of rotatable bonds is 4. The fraction of sp³-hybridized carbons (Fsp3) is 0.261. The SMILES string of the molecule is CCOC(=O)C[C@@H]1CC2=C(C(=O)c3ccccc3C2=O)[C@H](c2ccc(O)cc2)O1. The molecular weight excluding hydrogens is 372 g/mol. The third-order valence-electron chi connectivity index (χ3n) is 5.18. The van der Waals surface area contributed by atoms with Gasteiger partial charge >= 0.3 is 5.97 Å². The Morgan fingerprint density at radius 3 is 2.38 bits per heavy atom. The van der Waals surface area contributed by atoms with Gasteiger partial charge in [0.15, 0.2) is 11.6 Å². The summed E-state index contributed by atoms with van der Waals surface area (Å²) < 4.78 is 11.1. The lowest BCUT2D eigenvalue weighted by Gasteiger charge is -2.35. The van der Waals surface area contributed by atoms with Crippen LogP contribution in [0.2, 0.25) is 0 Å². The van der Waals surface area contributed by atoms with Crippen LogP contribution >= 0.6 is 0 Å². The maximum Gasteiger partial charge on any atom is 0.308 e. The number of carbonyl (C=O) groups is 3. The molecule has 0 fully saturated rings. The summed E-state index contributed by atoms with van der Waals surface area (Å²) in [6.45, 7) is 1.98. The maximum absolute atomic E-state index is 13.2. The summed E-state index contributed by atoms with van der Waals surface area (Å²) in [5, 5.41) is 9.61. The fourth-order valence-corrected chi connectivity index (χ4v) is 3.88. The first-order valence-electron chi connectivity index (χ1n) is 9.51. The number of ether oxygens (including phenoxy) is 2. The van der Waals surface area contributed by atoms with Gasteiger partial charge in [0.2, 0.25) is 0 Å². The molecule has 0 aromatic heterocycles. The fourth-order valence-electron chi connectivity index (χ4n) is 3.88. The van der Waals surface area contributed by atoms with Crippen molar-refractivity contribution < 1.29 is 29.0 Å². The zero-order chi connectivity index (χ0) is 20.5. The van der Waals surface area contributed by atoms with Crippen molar-refractivity contribution in [2.24, 2.45) is 0 Å². The zero-order valence-corrected chi connectivity index (χ0v) is 15.9. The number of Topliss-reactive ketones (excluding diaryl/α,β-unsaturated/α-hetero) is 2. The number of hydrogen-bond acceptors (Lipinski definition) is 6. The molecule has 0 saturated heterocycles. The molecular formula is C23H20O6. The largest absolute Gasteiger partial charge is 0.508 e. The lowest BCUT2D eigenvalue weighted by atomic mass is 9.77. The molecule has 6 heteroatoms. The van der Waals surface area contributed by atoms with Gasteiger partial charge in [0.25, 0.3) is 0 Å². The molecule has 29 heavy (non-hydrogen) atoms. The van der Waals surface area contributed by atoms with E-state index in [1.807, 2.05) is 0 Å². The first-order valence-corrected chi connectivity index (χ1v) is 9.51. The highest BCUT2D eigenvalue weighted by atomic mass is 16.5. The second-order valence-corrected chi connectivity index (χ2v) is 7.04. The van der Waals surface area contributed by atoms with Gasteiger partial charge in [0, 0.05) is 28.7 Å². The molecule has 0 amide bonds. The Morgan fingerprint density at radius 1 is 1.07 bits per heavy atom. The molecule has 0 bridgehead atoms. The number of hydrogen-bond donors (Lipinski definition) is 1. The summed E-state index contributed by atoms with van der Waals surface area (Å²) in [6.07, 6.45) is -1.23. The second-order valence-electron chi connectivity index (χ2n) is 7.04. The summed E-state index contributed by atoms with van der Waals surface area (Å²) in [5.41, 5.74) is 2.04. The van der Waals surface area contributed by atoms with Crippen LogP contribution in [0.25, 0.3) is 0 Å². The molecule has 2 atom stereocenters. The molecule has 1 heterocycles. The lowest BCUT2D eigenvalue weighted by Crippen LogP contribution is -2.35. The van der Waals surface area contributed by atoms with Crippen molar-refractivity contribution >= 4 is 17.5 Å². The van der Waals surface area contributed by atoms with Crippen LogP contribution in [0.3, 0.4) is 0 Å². The Balaban J connectivity index is 1.79. The van der Waals surface area contributed by atoms with Crippen LogP contribution < -0.4 is 0 Å². The van der Waals surface area contributed by atoms with E-state index in [-0.39, 0.29) is 36.8 Å². The zero-order valence-electron chi connectivity index (χ0n) is 15.9. The minimum absolute atomic E-state index is 0.0116. The molecule has 6 nitrogen and oxygen atoms in total. The molecule has 148 valence electrons. The normalized spacial score (nSPS) is 20.9. The highest BCUT2D eigenvalue weighted by molar-refractivity contribution is 6.27. The summed E-state index contributed by atoms with van der Waals surface area (Å²) in [5.74, 6) is -0.793. The Hall–Kier alpha value is -3.25. The van der Waals surface area contributed by atoms with Gasteiger partial charge in [0.05, 0.1) is 19.1 Å². The average Bonchev–Trinajstić information content (AvgIpc) is 2.72. The van der Waals surface area contributed by atoms with Crippen LogP contribution in [0.5, 0.6) is 5.75 Å². The van der Waals surface area contributed by atoms with Gasteiger partial charge in [0.1, 0.15) is 11.9 Å². The second kappa shape index (κ2) is 7.64. The number of phenolic OH excluding ortho intramolecular Hbond substituents is 1. The van der Waals surface area contributed by atoms with Gasteiger partial charge in [-0.1, -0.05) is 36.4 Å². The average molecular weight is 392 g/mol. The van der Waals surface area contributed by atoms with Crippen LogP contribution in [0.4, 0.5) is 0 Å². The first kappa shape index (κ1) is 19.1. The van der Waals surface area contributed by atoms with Crippen molar-refractivity contribution in [2.45, 2.75) is 32.0 Å². The maximum atomic E-state index is 13.2. The first-order chi connectivity index (χ1) is 14.0. The quantitative estimate of drug-likeness (QED) is 0.801. The van der Waals surface area contributed by atoms with Gasteiger partial charge < -0.3 is 14.6 Å². The Bertz CT molecular complexity index is 1020. The van der Waals surface area contributed by atoms with E-state index in [2.05, 4.69) is 0 Å². The Kier molecular flexibility index (Phi) is 5.03. The molecule has 1 N–H and O–H groups in total. The number of benzene rings is 2. The smallest absolute Gasteiger partial charge is 0.308 e. The molecule has 2 aromatic rings. The van der Waals surface area contributed by atoms with E-state index in [9.17, 15) is 19.5 Å². The topological polar surface area (TPSA) is 89.9 Å². The number of esters is 1. The van der Waals surface area contributed by atoms with Gasteiger partial charge in [-0.3, -0.25) is 14.4 Å². The van der Waals surface area contributed by atoms with E-state index in [0.29, 0.717) is 27.8 Å². The summed E-state index contributed by atoms with van der Waals surface area (Å²) in [6, 6.07) is 13.0. The van der Waals surface area contributed by atoms with Gasteiger partial charge in [-0.25, -0.2) is 0 Å². The molecule has 4 rings (SSSR count). The Labute approximate surface area is 167 Å². The van der Waals surface area contributed by atoms with Crippen molar-refractivity contribution in [1.29, 1.82) is 0 Å². The van der Waals surface area contributed by atoms with Crippen LogP contribution in [0, 0.1) is 0 Å². The van der Waals surface area contributed by atoms with Gasteiger partial charge in [-0.15, -0.1) is 0 Å². The van der Waals surface area contributed by atoms with Crippen LogP contribution in [-0.2, 0) is 14.3 Å². The van der Waals surface area contributed by atoms with E-state index in [0.717, 1.165) is 0 Å². The lowest BCUT2D eigenvalue weighted by molar-refractivity contribution is -0.147. The Morgan fingerprint density at radius 2 is 1.72 bits per heavy atom. The van der Waals surface area contributed by atoms with E-state index >= 15 is 0 Å². The summed E-state index contributed by atoms with van der Waals surface area (Å²) >= 11 is 0. The van der Waals surface area contributed by atoms with Crippen LogP contribution in [-0.4, -0.2) is 35.4 Å². The highest BCUT2D eigenvalue weighted by Gasteiger charge is 2.42. The molecule has 2 aliphatic rings. The molecule has 0 saturated carbocycles. The van der Waals surface area contributed by atoms with Gasteiger partial charge in [-0.2, -0.15) is 0 Å². The van der Waals surface area contributed by atoms with Crippen LogP contribution in [0.15, 0.2) is 59.7 Å². The van der Waals surface area contributed by atoms with E-state index in [4.69, 9.17) is 9.47 Å². The highest BCUT2D eigenvalue weighted by Crippen LogP contribution is 2.43. The van der Waals surface area contributed by atoms with Crippen molar-refractivity contribution in [2.75, 3.05) is 6.61 Å². The number of carbonyl (C=O) groups excluding carboxylic acids is 3. The van der Waals surface area contributed by atoms with Crippen molar-refractivity contribution in [3.8, 4) is 5.75 Å². The molecule has 1 aliphatic carbocycles. The summed E-state index contributed by atoms with van der Waals surface area (Å²) in [7, 11) is 0. The number of aromatic hydroxyl groups is 1.